The van der Waals surface area contributed by atoms with Gasteiger partial charge in [0.1, 0.15) is 17.6 Å². The summed E-state index contributed by atoms with van der Waals surface area (Å²) in [5, 5.41) is 8.37. The molecule has 1 aromatic carbocycles. The molecule has 0 radical (unpaired) electrons. The Balaban J connectivity index is 2.00. The van der Waals surface area contributed by atoms with Gasteiger partial charge in [-0.15, -0.1) is 0 Å². The Morgan fingerprint density at radius 1 is 1.31 bits per heavy atom. The van der Waals surface area contributed by atoms with Crippen LogP contribution in [0, 0.1) is 11.3 Å². The van der Waals surface area contributed by atoms with E-state index in [-0.39, 0.29) is 6.61 Å². The Labute approximate surface area is 93.5 Å². The lowest BCUT2D eigenvalue weighted by atomic mass is 10.1. The largest absolute Gasteiger partial charge is 0.479 e. The highest BCUT2D eigenvalue weighted by Crippen LogP contribution is 2.13. The van der Waals surface area contributed by atoms with E-state index in [9.17, 15) is 0 Å². The van der Waals surface area contributed by atoms with Gasteiger partial charge in [0, 0.05) is 18.8 Å². The molecule has 0 amide bonds. The van der Waals surface area contributed by atoms with Gasteiger partial charge in [0.25, 0.3) is 0 Å². The van der Waals surface area contributed by atoms with Gasteiger partial charge in [0.05, 0.1) is 0 Å². The third kappa shape index (κ3) is 2.61. The monoisotopic (exact) mass is 213 g/mol. The van der Waals surface area contributed by atoms with Gasteiger partial charge in [-0.3, -0.25) is 0 Å². The van der Waals surface area contributed by atoms with Crippen molar-refractivity contribution in [3.63, 3.8) is 0 Å². The first-order valence-corrected chi connectivity index (χ1v) is 4.95. The van der Waals surface area contributed by atoms with Gasteiger partial charge in [-0.05, 0) is 17.7 Å². The number of nitrogens with zero attached hydrogens (tertiary/aromatic N) is 2. The summed E-state index contributed by atoms with van der Waals surface area (Å²) in [6.45, 7) is 0.0809. The molecule has 0 atom stereocenters. The molecular formula is C12H11N3O. The molecule has 0 fully saturated rings. The SMILES string of the molecule is N#CCOc1ccc(Cc2ncc[nH]2)cc1. The van der Waals surface area contributed by atoms with Crippen molar-refractivity contribution in [2.75, 3.05) is 6.61 Å². The molecule has 0 saturated carbocycles. The highest BCUT2D eigenvalue weighted by Gasteiger charge is 1.98. The molecule has 4 heteroatoms. The standard InChI is InChI=1S/C12H11N3O/c13-5-8-16-11-3-1-10(2-4-11)9-12-14-6-7-15-12/h1-4,6-7H,8-9H2,(H,14,15). The average Bonchev–Trinajstić information content (AvgIpc) is 2.81. The summed E-state index contributed by atoms with van der Waals surface area (Å²) < 4.78 is 5.16. The number of aromatic amines is 1. The van der Waals surface area contributed by atoms with Crippen molar-refractivity contribution in [3.05, 3.63) is 48.0 Å². The summed E-state index contributed by atoms with van der Waals surface area (Å²) in [5.74, 6) is 1.65. The molecule has 0 saturated heterocycles. The number of hydrogen-bond donors (Lipinski definition) is 1. The van der Waals surface area contributed by atoms with E-state index in [2.05, 4.69) is 9.97 Å². The van der Waals surface area contributed by atoms with E-state index in [4.69, 9.17) is 10.00 Å². The highest BCUT2D eigenvalue weighted by molar-refractivity contribution is 5.29. The minimum atomic E-state index is 0.0809. The molecular weight excluding hydrogens is 202 g/mol. The van der Waals surface area contributed by atoms with E-state index >= 15 is 0 Å². The Morgan fingerprint density at radius 3 is 2.75 bits per heavy atom. The van der Waals surface area contributed by atoms with Gasteiger partial charge in [-0.2, -0.15) is 5.26 Å². The summed E-state index contributed by atoms with van der Waals surface area (Å²) in [5.41, 5.74) is 1.15. The first kappa shape index (κ1) is 10.2. The van der Waals surface area contributed by atoms with Crippen molar-refractivity contribution in [2.45, 2.75) is 6.42 Å². The number of nitrogens with one attached hydrogen (secondary N) is 1. The molecule has 80 valence electrons. The molecule has 16 heavy (non-hydrogen) atoms. The molecule has 0 aliphatic heterocycles. The van der Waals surface area contributed by atoms with E-state index in [0.29, 0.717) is 5.75 Å². The first-order chi connectivity index (χ1) is 7.88. The predicted molar refractivity (Wildman–Crippen MR) is 58.9 cm³/mol. The topological polar surface area (TPSA) is 61.7 Å². The van der Waals surface area contributed by atoms with E-state index in [0.717, 1.165) is 17.8 Å². The fraction of sp³-hybridized carbons (Fsp3) is 0.167. The van der Waals surface area contributed by atoms with Crippen molar-refractivity contribution in [1.82, 2.24) is 9.97 Å². The number of nitriles is 1. The van der Waals surface area contributed by atoms with E-state index in [1.807, 2.05) is 30.3 Å². The number of rotatable bonds is 4. The normalized spacial score (nSPS) is 9.69. The lowest BCUT2D eigenvalue weighted by Crippen LogP contribution is -1.94. The fourth-order valence-electron chi connectivity index (χ4n) is 1.41. The summed E-state index contributed by atoms with van der Waals surface area (Å²) in [6, 6.07) is 9.58. The minimum absolute atomic E-state index is 0.0809. The summed E-state index contributed by atoms with van der Waals surface area (Å²) in [6.07, 6.45) is 4.31. The lowest BCUT2D eigenvalue weighted by Gasteiger charge is -2.02. The maximum atomic E-state index is 8.37. The molecule has 2 rings (SSSR count). The molecule has 4 nitrogen and oxygen atoms in total. The van der Waals surface area contributed by atoms with Crippen molar-refractivity contribution < 1.29 is 4.74 Å². The van der Waals surface area contributed by atoms with Crippen LogP contribution in [0.4, 0.5) is 0 Å². The zero-order chi connectivity index (χ0) is 11.2. The van der Waals surface area contributed by atoms with E-state index < -0.39 is 0 Å². The quantitative estimate of drug-likeness (QED) is 0.843. The van der Waals surface area contributed by atoms with Crippen molar-refractivity contribution in [3.8, 4) is 11.8 Å². The van der Waals surface area contributed by atoms with Gasteiger partial charge >= 0.3 is 0 Å². The van der Waals surface area contributed by atoms with Crippen molar-refractivity contribution in [1.29, 1.82) is 5.26 Å². The summed E-state index contributed by atoms with van der Waals surface area (Å²) in [4.78, 5) is 7.20. The molecule has 0 bridgehead atoms. The lowest BCUT2D eigenvalue weighted by molar-refractivity contribution is 0.368. The number of imidazole rings is 1. The minimum Gasteiger partial charge on any atom is -0.479 e. The molecule has 0 aliphatic rings. The van der Waals surface area contributed by atoms with E-state index in [1.54, 1.807) is 12.4 Å². The number of hydrogen-bond acceptors (Lipinski definition) is 3. The second kappa shape index (κ2) is 4.99. The zero-order valence-corrected chi connectivity index (χ0v) is 8.68. The number of ether oxygens (including phenoxy) is 1. The number of benzene rings is 1. The summed E-state index contributed by atoms with van der Waals surface area (Å²) in [7, 11) is 0. The van der Waals surface area contributed by atoms with Crippen LogP contribution in [0.1, 0.15) is 11.4 Å². The number of H-pyrrole nitrogens is 1. The summed E-state index contributed by atoms with van der Waals surface area (Å²) >= 11 is 0. The van der Waals surface area contributed by atoms with Crippen LogP contribution in [0.25, 0.3) is 0 Å². The second-order valence-corrected chi connectivity index (χ2v) is 3.30. The van der Waals surface area contributed by atoms with Gasteiger partial charge in [-0.1, -0.05) is 12.1 Å². The average molecular weight is 213 g/mol. The fourth-order valence-corrected chi connectivity index (χ4v) is 1.41. The van der Waals surface area contributed by atoms with Gasteiger partial charge in [0.2, 0.25) is 0 Å². The highest BCUT2D eigenvalue weighted by atomic mass is 16.5. The van der Waals surface area contributed by atoms with Crippen LogP contribution in [0.5, 0.6) is 5.75 Å². The number of aromatic nitrogens is 2. The van der Waals surface area contributed by atoms with Crippen LogP contribution in [0.15, 0.2) is 36.7 Å². The Hall–Kier alpha value is -2.28. The van der Waals surface area contributed by atoms with Crippen LogP contribution < -0.4 is 4.74 Å². The van der Waals surface area contributed by atoms with E-state index in [1.165, 1.54) is 0 Å². The third-order valence-electron chi connectivity index (χ3n) is 2.15. The van der Waals surface area contributed by atoms with Crippen LogP contribution >= 0.6 is 0 Å². The van der Waals surface area contributed by atoms with Crippen LogP contribution in [-0.2, 0) is 6.42 Å². The zero-order valence-electron chi connectivity index (χ0n) is 8.68. The second-order valence-electron chi connectivity index (χ2n) is 3.30. The molecule has 2 aromatic rings. The van der Waals surface area contributed by atoms with Crippen LogP contribution in [-0.4, -0.2) is 16.6 Å². The molecule has 1 heterocycles. The molecule has 1 aromatic heterocycles. The third-order valence-corrected chi connectivity index (χ3v) is 2.15. The van der Waals surface area contributed by atoms with Gasteiger partial charge in [0.15, 0.2) is 6.61 Å². The Kier molecular flexibility index (Phi) is 3.19. The van der Waals surface area contributed by atoms with Gasteiger partial charge < -0.3 is 9.72 Å². The first-order valence-electron chi connectivity index (χ1n) is 4.95. The van der Waals surface area contributed by atoms with Crippen molar-refractivity contribution >= 4 is 0 Å². The van der Waals surface area contributed by atoms with Gasteiger partial charge in [-0.25, -0.2) is 4.98 Å². The maximum absolute atomic E-state index is 8.37. The smallest absolute Gasteiger partial charge is 0.174 e. The van der Waals surface area contributed by atoms with Crippen LogP contribution in [0.3, 0.4) is 0 Å². The molecule has 1 N–H and O–H groups in total. The van der Waals surface area contributed by atoms with Crippen molar-refractivity contribution in [2.24, 2.45) is 0 Å². The molecule has 0 aliphatic carbocycles. The molecule has 0 spiro atoms. The Morgan fingerprint density at radius 2 is 2.12 bits per heavy atom. The maximum Gasteiger partial charge on any atom is 0.174 e. The Bertz CT molecular complexity index is 468. The predicted octanol–water partition coefficient (Wildman–Crippen LogP) is 1.90. The van der Waals surface area contributed by atoms with Crippen LogP contribution in [0.2, 0.25) is 0 Å². The molecule has 0 unspecified atom stereocenters.